The lowest BCUT2D eigenvalue weighted by Crippen LogP contribution is -2.09. The molecule has 1 aromatic rings. The summed E-state index contributed by atoms with van der Waals surface area (Å²) in [6.07, 6.45) is 9.08. The Morgan fingerprint density at radius 3 is 3.06 bits per heavy atom. The molecule has 1 rings (SSSR count). The van der Waals surface area contributed by atoms with E-state index in [4.69, 9.17) is 4.74 Å². The molecule has 0 bridgehead atoms. The van der Waals surface area contributed by atoms with E-state index >= 15 is 0 Å². The highest BCUT2D eigenvalue weighted by atomic mass is 16.5. The van der Waals surface area contributed by atoms with Crippen LogP contribution in [0.15, 0.2) is 43.9 Å². The summed E-state index contributed by atoms with van der Waals surface area (Å²) in [6.45, 7) is 10.3. The number of allylic oxidation sites excluding steroid dienone is 4. The Hall–Kier alpha value is -2.10. The Morgan fingerprint density at radius 2 is 2.39 bits per heavy atom. The highest BCUT2D eigenvalue weighted by Crippen LogP contribution is 2.13. The largest absolute Gasteiger partial charge is 0.466 e. The van der Waals surface area contributed by atoms with E-state index in [1.807, 2.05) is 16.7 Å². The van der Waals surface area contributed by atoms with E-state index in [9.17, 15) is 4.79 Å². The molecule has 0 aliphatic carbocycles. The molecule has 4 heteroatoms. The number of esters is 1. The Kier molecular flexibility index (Phi) is 5.64. The SMILES string of the molecule is C=C/C=C\C(=C)c1cncn1CCC(=O)OCC. The highest BCUT2D eigenvalue weighted by molar-refractivity contribution is 5.71. The molecule has 0 aromatic carbocycles. The molecule has 0 spiro atoms. The zero-order valence-corrected chi connectivity index (χ0v) is 10.6. The number of hydrogen-bond donors (Lipinski definition) is 0. The van der Waals surface area contributed by atoms with Gasteiger partial charge in [-0.2, -0.15) is 0 Å². The van der Waals surface area contributed by atoms with Crippen LogP contribution in [0, 0.1) is 0 Å². The van der Waals surface area contributed by atoms with Gasteiger partial charge >= 0.3 is 5.97 Å². The Morgan fingerprint density at radius 1 is 1.61 bits per heavy atom. The number of ether oxygens (including phenoxy) is 1. The van der Waals surface area contributed by atoms with E-state index < -0.39 is 0 Å². The number of carbonyl (C=O) groups is 1. The summed E-state index contributed by atoms with van der Waals surface area (Å²) in [4.78, 5) is 15.4. The van der Waals surface area contributed by atoms with E-state index in [1.165, 1.54) is 0 Å². The molecule has 18 heavy (non-hydrogen) atoms. The molecule has 0 amide bonds. The van der Waals surface area contributed by atoms with Crippen LogP contribution in [-0.2, 0) is 16.1 Å². The minimum atomic E-state index is -0.204. The third-order valence-electron chi connectivity index (χ3n) is 2.34. The lowest BCUT2D eigenvalue weighted by atomic mass is 10.2. The Balaban J connectivity index is 2.65. The maximum absolute atomic E-state index is 11.3. The number of nitrogens with zero attached hydrogens (tertiary/aromatic N) is 2. The summed E-state index contributed by atoms with van der Waals surface area (Å²) in [5, 5.41) is 0. The predicted molar refractivity (Wildman–Crippen MR) is 71.8 cm³/mol. The molecule has 0 atom stereocenters. The quantitative estimate of drug-likeness (QED) is 0.548. The average Bonchev–Trinajstić information content (AvgIpc) is 2.82. The molecular formula is C14H18N2O2. The molecule has 0 N–H and O–H groups in total. The fourth-order valence-corrected chi connectivity index (χ4v) is 1.48. The number of imidazole rings is 1. The minimum absolute atomic E-state index is 0.204. The van der Waals surface area contributed by atoms with E-state index in [0.717, 1.165) is 11.3 Å². The molecule has 0 aliphatic rings. The summed E-state index contributed by atoms with van der Waals surface area (Å²) in [7, 11) is 0. The van der Waals surface area contributed by atoms with Crippen LogP contribution in [-0.4, -0.2) is 22.1 Å². The Bertz CT molecular complexity index is 458. The second-order valence-electron chi connectivity index (χ2n) is 3.65. The maximum Gasteiger partial charge on any atom is 0.307 e. The van der Waals surface area contributed by atoms with Gasteiger partial charge in [-0.05, 0) is 12.5 Å². The summed E-state index contributed by atoms with van der Waals surface area (Å²) < 4.78 is 6.76. The fourth-order valence-electron chi connectivity index (χ4n) is 1.48. The first-order valence-electron chi connectivity index (χ1n) is 5.83. The number of carbonyl (C=O) groups excluding carboxylic acids is 1. The van der Waals surface area contributed by atoms with Crippen molar-refractivity contribution in [1.29, 1.82) is 0 Å². The maximum atomic E-state index is 11.3. The van der Waals surface area contributed by atoms with Crippen LogP contribution in [0.4, 0.5) is 0 Å². The van der Waals surface area contributed by atoms with Gasteiger partial charge in [-0.25, -0.2) is 4.98 Å². The second-order valence-corrected chi connectivity index (χ2v) is 3.65. The topological polar surface area (TPSA) is 44.1 Å². The standard InChI is InChI=1S/C14H18N2O2/c1-4-6-7-12(3)13-10-15-11-16(13)9-8-14(17)18-5-2/h4,6-7,10-11H,1,3,5,8-9H2,2H3/b7-6-. The summed E-state index contributed by atoms with van der Waals surface area (Å²) in [5.74, 6) is -0.204. The molecule has 0 saturated carbocycles. The number of aromatic nitrogens is 2. The molecule has 1 heterocycles. The molecule has 0 radical (unpaired) electrons. The smallest absolute Gasteiger partial charge is 0.307 e. The van der Waals surface area contributed by atoms with Gasteiger partial charge in [-0.3, -0.25) is 4.79 Å². The number of hydrogen-bond acceptors (Lipinski definition) is 3. The van der Waals surface area contributed by atoms with Crippen LogP contribution in [0.2, 0.25) is 0 Å². The van der Waals surface area contributed by atoms with Gasteiger partial charge in [0.2, 0.25) is 0 Å². The molecule has 96 valence electrons. The van der Waals surface area contributed by atoms with Crippen molar-refractivity contribution in [3.63, 3.8) is 0 Å². The summed E-state index contributed by atoms with van der Waals surface area (Å²) in [5.41, 5.74) is 1.72. The minimum Gasteiger partial charge on any atom is -0.466 e. The first kappa shape index (κ1) is 14.0. The molecule has 0 saturated heterocycles. The third-order valence-corrected chi connectivity index (χ3v) is 2.34. The van der Waals surface area contributed by atoms with Crippen LogP contribution in [0.3, 0.4) is 0 Å². The molecule has 0 fully saturated rings. The van der Waals surface area contributed by atoms with Crippen LogP contribution >= 0.6 is 0 Å². The van der Waals surface area contributed by atoms with Crippen LogP contribution < -0.4 is 0 Å². The fraction of sp³-hybridized carbons (Fsp3) is 0.286. The molecule has 4 nitrogen and oxygen atoms in total. The van der Waals surface area contributed by atoms with Gasteiger partial charge in [0.15, 0.2) is 0 Å². The lowest BCUT2D eigenvalue weighted by molar-refractivity contribution is -0.143. The predicted octanol–water partition coefficient (Wildman–Crippen LogP) is 2.59. The summed E-state index contributed by atoms with van der Waals surface area (Å²) in [6, 6.07) is 0. The number of rotatable bonds is 7. The van der Waals surface area contributed by atoms with Crippen molar-refractivity contribution in [1.82, 2.24) is 9.55 Å². The third kappa shape index (κ3) is 4.05. The zero-order valence-electron chi connectivity index (χ0n) is 10.6. The van der Waals surface area contributed by atoms with Crippen molar-refractivity contribution in [2.24, 2.45) is 0 Å². The number of aryl methyl sites for hydroxylation is 1. The zero-order chi connectivity index (χ0) is 13.4. The van der Waals surface area contributed by atoms with Gasteiger partial charge in [0.1, 0.15) is 0 Å². The first-order valence-corrected chi connectivity index (χ1v) is 5.83. The second kappa shape index (κ2) is 7.27. The monoisotopic (exact) mass is 246 g/mol. The van der Waals surface area contributed by atoms with Gasteiger partial charge in [0, 0.05) is 6.54 Å². The summed E-state index contributed by atoms with van der Waals surface area (Å²) >= 11 is 0. The van der Waals surface area contributed by atoms with Crippen molar-refractivity contribution in [3.8, 4) is 0 Å². The van der Waals surface area contributed by atoms with Gasteiger partial charge in [0.25, 0.3) is 0 Å². The van der Waals surface area contributed by atoms with Crippen LogP contribution in [0.1, 0.15) is 19.0 Å². The average molecular weight is 246 g/mol. The normalized spacial score (nSPS) is 10.5. The lowest BCUT2D eigenvalue weighted by Gasteiger charge is -2.07. The van der Waals surface area contributed by atoms with Crippen LogP contribution in [0.25, 0.3) is 5.57 Å². The van der Waals surface area contributed by atoms with Crippen molar-refractivity contribution in [2.75, 3.05) is 6.61 Å². The molecule has 1 aromatic heterocycles. The van der Waals surface area contributed by atoms with Gasteiger partial charge in [-0.15, -0.1) is 0 Å². The Labute approximate surface area is 107 Å². The van der Waals surface area contributed by atoms with Gasteiger partial charge in [0.05, 0.1) is 31.2 Å². The van der Waals surface area contributed by atoms with E-state index in [2.05, 4.69) is 18.1 Å². The molecular weight excluding hydrogens is 228 g/mol. The van der Waals surface area contributed by atoms with Crippen molar-refractivity contribution in [2.45, 2.75) is 19.9 Å². The van der Waals surface area contributed by atoms with Crippen molar-refractivity contribution >= 4 is 11.5 Å². The van der Waals surface area contributed by atoms with Gasteiger partial charge in [-0.1, -0.05) is 31.4 Å². The van der Waals surface area contributed by atoms with Gasteiger partial charge < -0.3 is 9.30 Å². The first-order chi connectivity index (χ1) is 8.69. The molecule has 0 aliphatic heterocycles. The van der Waals surface area contributed by atoms with E-state index in [-0.39, 0.29) is 5.97 Å². The highest BCUT2D eigenvalue weighted by Gasteiger charge is 2.07. The van der Waals surface area contributed by atoms with Crippen LogP contribution in [0.5, 0.6) is 0 Å². The van der Waals surface area contributed by atoms with Crippen molar-refractivity contribution in [3.05, 3.63) is 49.6 Å². The van der Waals surface area contributed by atoms with Crippen molar-refractivity contribution < 1.29 is 9.53 Å². The molecule has 0 unspecified atom stereocenters. The van der Waals surface area contributed by atoms with E-state index in [0.29, 0.717) is 19.6 Å². The van der Waals surface area contributed by atoms with E-state index in [1.54, 1.807) is 25.5 Å².